The van der Waals surface area contributed by atoms with Crippen molar-refractivity contribution in [1.82, 2.24) is 13.7 Å². The van der Waals surface area contributed by atoms with Gasteiger partial charge in [0.1, 0.15) is 0 Å². The number of fused-ring (bicyclic) bond motifs is 9. The first kappa shape index (κ1) is 32.4. The van der Waals surface area contributed by atoms with E-state index in [9.17, 15) is 0 Å². The number of aromatic nitrogens is 3. The molecule has 9 aromatic carbocycles. The van der Waals surface area contributed by atoms with E-state index >= 15 is 0 Å². The van der Waals surface area contributed by atoms with E-state index in [2.05, 4.69) is 237 Å². The Kier molecular flexibility index (Phi) is 7.20. The first-order valence-electron chi connectivity index (χ1n) is 19.9. The van der Waals surface area contributed by atoms with Gasteiger partial charge in [-0.05, 0) is 91.0 Å². The highest BCUT2D eigenvalue weighted by atomic mass is 15.2. The van der Waals surface area contributed by atoms with Crippen LogP contribution in [0.3, 0.4) is 0 Å². The quantitative estimate of drug-likeness (QED) is 0.166. The second kappa shape index (κ2) is 12.9. The third kappa shape index (κ3) is 4.82. The van der Waals surface area contributed by atoms with Gasteiger partial charge in [0.2, 0.25) is 0 Å². The molecule has 0 aliphatic carbocycles. The minimum Gasteiger partial charge on any atom is -0.310 e. The minimum atomic E-state index is 1.08. The lowest BCUT2D eigenvalue weighted by atomic mass is 10.1. The van der Waals surface area contributed by atoms with Crippen LogP contribution in [0.4, 0.5) is 17.1 Å². The second-order valence-electron chi connectivity index (χ2n) is 15.0. The Labute approximate surface area is 335 Å². The second-order valence-corrected chi connectivity index (χ2v) is 15.0. The molecule has 0 saturated carbocycles. The molecule has 0 aliphatic heterocycles. The summed E-state index contributed by atoms with van der Waals surface area (Å²) < 4.78 is 7.22. The molecule has 58 heavy (non-hydrogen) atoms. The van der Waals surface area contributed by atoms with Crippen molar-refractivity contribution in [3.05, 3.63) is 218 Å². The van der Waals surface area contributed by atoms with Gasteiger partial charge in [-0.25, -0.2) is 0 Å². The lowest BCUT2D eigenvalue weighted by Gasteiger charge is -2.27. The molecule has 0 fully saturated rings. The van der Waals surface area contributed by atoms with E-state index in [4.69, 9.17) is 0 Å². The molecule has 3 aromatic heterocycles. The Hall–Kier alpha value is -7.82. The summed E-state index contributed by atoms with van der Waals surface area (Å²) in [6.07, 6.45) is 0. The fraction of sp³-hybridized carbons (Fsp3) is 0. The van der Waals surface area contributed by atoms with Crippen LogP contribution in [0.25, 0.3) is 82.5 Å². The molecule has 0 spiro atoms. The zero-order valence-corrected chi connectivity index (χ0v) is 31.6. The van der Waals surface area contributed by atoms with Gasteiger partial charge < -0.3 is 18.6 Å². The van der Waals surface area contributed by atoms with E-state index in [1.165, 1.54) is 48.9 Å². The maximum Gasteiger partial charge on any atom is 0.0562 e. The standard InChI is InChI=1S/C54H36N4/c1-4-17-37(18-5-1)56-49-28-15-12-25-46(49)54-50(29-16-30-51(54)56)55(40-31-33-44-42-23-10-13-26-47(42)57(52(44)35-40)38-19-6-2-7-20-38)41-32-34-45-43-24-11-14-27-48(43)58(53(45)36-41)39-21-8-3-9-22-39/h1-36H. The van der Waals surface area contributed by atoms with Gasteiger partial charge in [-0.15, -0.1) is 0 Å². The molecule has 12 aromatic rings. The van der Waals surface area contributed by atoms with Crippen LogP contribution in [0.15, 0.2) is 218 Å². The van der Waals surface area contributed by atoms with Crippen LogP contribution in [0.5, 0.6) is 0 Å². The molecule has 0 amide bonds. The monoisotopic (exact) mass is 740 g/mol. The third-order valence-electron chi connectivity index (χ3n) is 11.8. The van der Waals surface area contributed by atoms with Crippen LogP contribution in [-0.2, 0) is 0 Å². The van der Waals surface area contributed by atoms with Crippen molar-refractivity contribution in [2.24, 2.45) is 0 Å². The van der Waals surface area contributed by atoms with Gasteiger partial charge in [0.15, 0.2) is 0 Å². The molecule has 3 heterocycles. The third-order valence-corrected chi connectivity index (χ3v) is 11.8. The molecule has 0 atom stereocenters. The van der Waals surface area contributed by atoms with Crippen molar-refractivity contribution in [2.45, 2.75) is 0 Å². The summed E-state index contributed by atoms with van der Waals surface area (Å²) in [5, 5.41) is 7.33. The van der Waals surface area contributed by atoms with Crippen molar-refractivity contribution in [3.8, 4) is 17.1 Å². The Balaban J connectivity index is 1.20. The summed E-state index contributed by atoms with van der Waals surface area (Å²) in [7, 11) is 0. The van der Waals surface area contributed by atoms with Crippen molar-refractivity contribution < 1.29 is 0 Å². The average molecular weight is 741 g/mol. The molecule has 0 saturated heterocycles. The van der Waals surface area contributed by atoms with Gasteiger partial charge in [-0.1, -0.05) is 127 Å². The number of para-hydroxylation sites is 6. The van der Waals surface area contributed by atoms with Crippen LogP contribution >= 0.6 is 0 Å². The molecule has 4 nitrogen and oxygen atoms in total. The number of nitrogens with zero attached hydrogens (tertiary/aromatic N) is 4. The molecule has 0 bridgehead atoms. The topological polar surface area (TPSA) is 18.0 Å². The van der Waals surface area contributed by atoms with Gasteiger partial charge in [0, 0.05) is 60.8 Å². The summed E-state index contributed by atoms with van der Waals surface area (Å²) in [6.45, 7) is 0. The minimum absolute atomic E-state index is 1.08. The zero-order chi connectivity index (χ0) is 38.2. The predicted molar refractivity (Wildman–Crippen MR) is 244 cm³/mol. The number of hydrogen-bond donors (Lipinski definition) is 0. The van der Waals surface area contributed by atoms with Gasteiger partial charge in [0.05, 0.1) is 38.8 Å². The lowest BCUT2D eigenvalue weighted by Crippen LogP contribution is -2.11. The molecule has 4 heteroatoms. The highest BCUT2D eigenvalue weighted by Gasteiger charge is 2.24. The van der Waals surface area contributed by atoms with Crippen molar-refractivity contribution in [2.75, 3.05) is 4.90 Å². The van der Waals surface area contributed by atoms with Gasteiger partial charge in [0.25, 0.3) is 0 Å². The Bertz CT molecular complexity index is 3340. The SMILES string of the molecule is c1ccc(-n2c3ccccc3c3ccc(N(c4ccc5c6ccccc6n(-c6ccccc6)c5c4)c4cccc5c4c4ccccc4n5-c4ccccc4)cc32)cc1. The number of rotatable bonds is 6. The normalized spacial score (nSPS) is 11.8. The Morgan fingerprint density at radius 1 is 0.259 bits per heavy atom. The van der Waals surface area contributed by atoms with Crippen LogP contribution in [0, 0.1) is 0 Å². The molecular formula is C54H36N4. The first-order chi connectivity index (χ1) is 28.8. The predicted octanol–water partition coefficient (Wildman–Crippen LogP) is 14.4. The first-order valence-corrected chi connectivity index (χ1v) is 19.9. The van der Waals surface area contributed by atoms with Gasteiger partial charge in [-0.2, -0.15) is 0 Å². The highest BCUT2D eigenvalue weighted by molar-refractivity contribution is 6.18. The van der Waals surface area contributed by atoms with E-state index in [1.54, 1.807) is 0 Å². The molecule has 272 valence electrons. The summed E-state index contributed by atoms with van der Waals surface area (Å²) >= 11 is 0. The number of anilines is 3. The maximum atomic E-state index is 2.48. The van der Waals surface area contributed by atoms with Crippen LogP contribution in [0.1, 0.15) is 0 Å². The smallest absolute Gasteiger partial charge is 0.0562 e. The maximum absolute atomic E-state index is 2.48. The van der Waals surface area contributed by atoms with Crippen molar-refractivity contribution in [1.29, 1.82) is 0 Å². The van der Waals surface area contributed by atoms with Crippen molar-refractivity contribution in [3.63, 3.8) is 0 Å². The fourth-order valence-electron chi connectivity index (χ4n) is 9.38. The Morgan fingerprint density at radius 3 is 1.10 bits per heavy atom. The summed E-state index contributed by atoms with van der Waals surface area (Å²) in [5.74, 6) is 0. The number of benzene rings is 9. The largest absolute Gasteiger partial charge is 0.310 e. The number of hydrogen-bond acceptors (Lipinski definition) is 1. The van der Waals surface area contributed by atoms with E-state index in [0.717, 1.165) is 50.7 Å². The molecular weight excluding hydrogens is 705 g/mol. The van der Waals surface area contributed by atoms with Crippen LogP contribution in [-0.4, -0.2) is 13.7 Å². The van der Waals surface area contributed by atoms with Crippen LogP contribution in [0.2, 0.25) is 0 Å². The van der Waals surface area contributed by atoms with E-state index in [1.807, 2.05) is 0 Å². The lowest BCUT2D eigenvalue weighted by molar-refractivity contribution is 1.17. The summed E-state index contributed by atoms with van der Waals surface area (Å²) in [4.78, 5) is 2.48. The fourth-order valence-corrected chi connectivity index (χ4v) is 9.38. The molecule has 0 N–H and O–H groups in total. The molecule has 0 unspecified atom stereocenters. The molecule has 0 aliphatic rings. The molecule has 0 radical (unpaired) electrons. The zero-order valence-electron chi connectivity index (χ0n) is 31.6. The van der Waals surface area contributed by atoms with Gasteiger partial charge in [-0.3, -0.25) is 0 Å². The van der Waals surface area contributed by atoms with Crippen LogP contribution < -0.4 is 4.90 Å². The van der Waals surface area contributed by atoms with E-state index in [0.29, 0.717) is 0 Å². The highest BCUT2D eigenvalue weighted by Crippen LogP contribution is 2.46. The Morgan fingerprint density at radius 2 is 0.621 bits per heavy atom. The summed E-state index contributed by atoms with van der Waals surface area (Å²) in [5.41, 5.74) is 13.7. The van der Waals surface area contributed by atoms with Gasteiger partial charge >= 0.3 is 0 Å². The van der Waals surface area contributed by atoms with Crippen molar-refractivity contribution >= 4 is 82.5 Å². The molecule has 12 rings (SSSR count). The van der Waals surface area contributed by atoms with E-state index in [-0.39, 0.29) is 0 Å². The summed E-state index contributed by atoms with van der Waals surface area (Å²) in [6, 6.07) is 79.2. The van der Waals surface area contributed by atoms with E-state index < -0.39 is 0 Å². The average Bonchev–Trinajstić information content (AvgIpc) is 3.93.